The number of pyridine rings is 1. The van der Waals surface area contributed by atoms with E-state index in [2.05, 4.69) is 0 Å². The molecule has 0 spiro atoms. The van der Waals surface area contributed by atoms with Crippen molar-refractivity contribution in [3.63, 3.8) is 0 Å². The molecule has 3 aromatic rings. The molecule has 0 amide bonds. The minimum atomic E-state index is -0.234. The predicted octanol–water partition coefficient (Wildman–Crippen LogP) is 0.268. The summed E-state index contributed by atoms with van der Waals surface area (Å²) in [5, 5.41) is 2.13. The van der Waals surface area contributed by atoms with Gasteiger partial charge in [0.05, 0.1) is 12.5 Å². The Morgan fingerprint density at radius 1 is 1.00 bits per heavy atom. The van der Waals surface area contributed by atoms with E-state index in [1.54, 1.807) is 19.2 Å². The zero-order chi connectivity index (χ0) is 13.2. The Balaban J connectivity index is 0.00000147. The van der Waals surface area contributed by atoms with Crippen molar-refractivity contribution in [3.05, 3.63) is 66.7 Å². The number of nitrogens with zero attached hydrogens (tertiary/aromatic N) is 1. The third kappa shape index (κ3) is 2.65. The van der Waals surface area contributed by atoms with Crippen LogP contribution in [-0.2, 0) is 0 Å². The first-order chi connectivity index (χ1) is 9.28. The number of benzene rings is 2. The second-order valence-electron chi connectivity index (χ2n) is 4.29. The third-order valence-electron chi connectivity index (χ3n) is 3.13. The second kappa shape index (κ2) is 6.01. The summed E-state index contributed by atoms with van der Waals surface area (Å²) in [7, 11) is 1.66. The topological polar surface area (TPSA) is 13.1 Å². The molecule has 0 aliphatic rings. The van der Waals surface area contributed by atoms with Crippen LogP contribution in [0.15, 0.2) is 60.9 Å². The van der Waals surface area contributed by atoms with Gasteiger partial charge in [-0.3, -0.25) is 0 Å². The number of aromatic nitrogens is 1. The van der Waals surface area contributed by atoms with Gasteiger partial charge in [0.1, 0.15) is 11.6 Å². The van der Waals surface area contributed by atoms with Crippen LogP contribution in [0.3, 0.4) is 0 Å². The van der Waals surface area contributed by atoms with Crippen molar-refractivity contribution in [2.75, 3.05) is 7.11 Å². The molecule has 0 N–H and O–H groups in total. The highest BCUT2D eigenvalue weighted by Crippen LogP contribution is 2.23. The van der Waals surface area contributed by atoms with Gasteiger partial charge in [0.15, 0.2) is 12.4 Å². The molecule has 0 saturated carbocycles. The van der Waals surface area contributed by atoms with Crippen LogP contribution >= 0.6 is 0 Å². The number of methoxy groups -OCH3 is 1. The summed E-state index contributed by atoms with van der Waals surface area (Å²) in [6, 6.07) is 14.3. The highest BCUT2D eigenvalue weighted by molar-refractivity contribution is 5.86. The van der Waals surface area contributed by atoms with E-state index in [0.717, 1.165) is 22.2 Å². The Bertz CT molecular complexity index is 728. The van der Waals surface area contributed by atoms with E-state index >= 15 is 0 Å². The van der Waals surface area contributed by atoms with E-state index in [1.807, 2.05) is 41.2 Å². The molecule has 1 aromatic heterocycles. The lowest BCUT2D eigenvalue weighted by atomic mass is 10.1. The van der Waals surface area contributed by atoms with Crippen LogP contribution in [0.5, 0.6) is 5.75 Å². The lowest BCUT2D eigenvalue weighted by molar-refractivity contribution is -0.594. The highest BCUT2D eigenvalue weighted by atomic mass is 79.9. The van der Waals surface area contributed by atoms with Crippen LogP contribution in [0, 0.1) is 5.82 Å². The quantitative estimate of drug-likeness (QED) is 0.613. The van der Waals surface area contributed by atoms with Crippen molar-refractivity contribution in [1.29, 1.82) is 0 Å². The zero-order valence-corrected chi connectivity index (χ0v) is 12.5. The number of rotatable bonds is 2. The highest BCUT2D eigenvalue weighted by Gasteiger charge is 2.10. The van der Waals surface area contributed by atoms with E-state index in [0.29, 0.717) is 0 Å². The maximum atomic E-state index is 12.9. The number of hydrogen-bond donors (Lipinski definition) is 0. The molecule has 0 aliphatic carbocycles. The van der Waals surface area contributed by atoms with E-state index in [1.165, 1.54) is 12.1 Å². The molecule has 0 radical (unpaired) electrons. The van der Waals surface area contributed by atoms with E-state index < -0.39 is 0 Å². The second-order valence-corrected chi connectivity index (χ2v) is 4.29. The van der Waals surface area contributed by atoms with E-state index in [4.69, 9.17) is 4.74 Å². The predicted molar refractivity (Wildman–Crippen MR) is 72.0 cm³/mol. The molecule has 0 saturated heterocycles. The van der Waals surface area contributed by atoms with Crippen molar-refractivity contribution in [2.45, 2.75) is 0 Å². The molecule has 0 atom stereocenters. The Hall–Kier alpha value is -1.94. The number of fused-ring (bicyclic) bond motifs is 1. The van der Waals surface area contributed by atoms with Gasteiger partial charge in [-0.2, -0.15) is 4.57 Å². The summed E-state index contributed by atoms with van der Waals surface area (Å²) in [5.74, 6) is 0.594. The lowest BCUT2D eigenvalue weighted by Crippen LogP contribution is -3.00. The minimum absolute atomic E-state index is 0. The molecule has 2 nitrogen and oxygen atoms in total. The Kier molecular flexibility index (Phi) is 4.35. The van der Waals surface area contributed by atoms with Gasteiger partial charge in [-0.25, -0.2) is 4.39 Å². The van der Waals surface area contributed by atoms with Crippen LogP contribution in [0.1, 0.15) is 0 Å². The molecule has 0 unspecified atom stereocenters. The van der Waals surface area contributed by atoms with Gasteiger partial charge < -0.3 is 21.7 Å². The maximum absolute atomic E-state index is 12.9. The van der Waals surface area contributed by atoms with Crippen molar-refractivity contribution in [2.24, 2.45) is 0 Å². The van der Waals surface area contributed by atoms with Gasteiger partial charge in [0.2, 0.25) is 5.69 Å². The van der Waals surface area contributed by atoms with Crippen LogP contribution in [0.4, 0.5) is 4.39 Å². The fourth-order valence-electron chi connectivity index (χ4n) is 2.14. The summed E-state index contributed by atoms with van der Waals surface area (Å²) >= 11 is 0. The number of hydrogen-bond acceptors (Lipinski definition) is 1. The third-order valence-corrected chi connectivity index (χ3v) is 3.13. The summed E-state index contributed by atoms with van der Waals surface area (Å²) < 4.78 is 20.3. The Morgan fingerprint density at radius 2 is 1.75 bits per heavy atom. The fourth-order valence-corrected chi connectivity index (χ4v) is 2.14. The monoisotopic (exact) mass is 333 g/mol. The van der Waals surface area contributed by atoms with Gasteiger partial charge >= 0.3 is 0 Å². The molecular formula is C16H13BrFNO. The summed E-state index contributed by atoms with van der Waals surface area (Å²) in [5.41, 5.74) is 0.911. The van der Waals surface area contributed by atoms with Crippen LogP contribution in [-0.4, -0.2) is 7.11 Å². The van der Waals surface area contributed by atoms with Gasteiger partial charge in [-0.1, -0.05) is 12.1 Å². The molecule has 102 valence electrons. The van der Waals surface area contributed by atoms with Gasteiger partial charge in [-0.05, 0) is 23.6 Å². The van der Waals surface area contributed by atoms with Crippen LogP contribution in [0.25, 0.3) is 16.5 Å². The van der Waals surface area contributed by atoms with Crippen molar-refractivity contribution >= 4 is 10.8 Å². The van der Waals surface area contributed by atoms with Gasteiger partial charge in [0.25, 0.3) is 0 Å². The molecule has 2 aromatic carbocycles. The smallest absolute Gasteiger partial charge is 0.210 e. The lowest BCUT2D eigenvalue weighted by Gasteiger charge is -2.04. The van der Waals surface area contributed by atoms with E-state index in [9.17, 15) is 4.39 Å². The molecule has 20 heavy (non-hydrogen) atoms. The minimum Gasteiger partial charge on any atom is -1.00 e. The summed E-state index contributed by atoms with van der Waals surface area (Å²) in [6.45, 7) is 0. The fraction of sp³-hybridized carbons (Fsp3) is 0.0625. The Labute approximate surface area is 127 Å². The van der Waals surface area contributed by atoms with Crippen molar-refractivity contribution in [1.82, 2.24) is 0 Å². The van der Waals surface area contributed by atoms with Crippen LogP contribution in [0.2, 0.25) is 0 Å². The molecule has 1 heterocycles. The Morgan fingerprint density at radius 3 is 2.45 bits per heavy atom. The molecule has 0 aliphatic heterocycles. The molecule has 0 fully saturated rings. The summed E-state index contributed by atoms with van der Waals surface area (Å²) in [4.78, 5) is 0. The first-order valence-electron chi connectivity index (χ1n) is 6.02. The average molecular weight is 334 g/mol. The standard InChI is InChI=1S/C16H13FNO.BrH/c1-19-16-4-2-3-12-9-10-18(11-15(12)16)14-7-5-13(17)6-8-14;/h2-11H,1H3;1H/q+1;/p-1. The molecule has 4 heteroatoms. The van der Waals surface area contributed by atoms with E-state index in [-0.39, 0.29) is 22.8 Å². The SMILES string of the molecule is COc1cccc2cc[n+](-c3ccc(F)cc3)cc12.[Br-]. The molecular weight excluding hydrogens is 321 g/mol. The normalized spacial score (nSPS) is 10.1. The zero-order valence-electron chi connectivity index (χ0n) is 10.9. The summed E-state index contributed by atoms with van der Waals surface area (Å²) in [6.07, 6.45) is 3.94. The first kappa shape index (κ1) is 14.5. The molecule has 0 bridgehead atoms. The largest absolute Gasteiger partial charge is 1.00 e. The van der Waals surface area contributed by atoms with Gasteiger partial charge in [-0.15, -0.1) is 0 Å². The van der Waals surface area contributed by atoms with Crippen molar-refractivity contribution in [3.8, 4) is 11.4 Å². The average Bonchev–Trinajstić information content (AvgIpc) is 2.47. The van der Waals surface area contributed by atoms with Gasteiger partial charge in [0, 0.05) is 18.2 Å². The van der Waals surface area contributed by atoms with Crippen molar-refractivity contribution < 1.29 is 30.7 Å². The van der Waals surface area contributed by atoms with Crippen LogP contribution < -0.4 is 26.3 Å². The number of halogens is 2. The molecule has 3 rings (SSSR count). The first-order valence-corrected chi connectivity index (χ1v) is 6.02. The maximum Gasteiger partial charge on any atom is 0.210 e. The number of ether oxygens (including phenoxy) is 1.